The number of nitrogens with zero attached hydrogens (tertiary/aromatic N) is 2. The Hall–Kier alpha value is -5.13. The Kier molecular flexibility index (Phi) is 14.8. The lowest BCUT2D eigenvalue weighted by atomic mass is 9.92. The first-order valence-corrected chi connectivity index (χ1v) is 17.6. The van der Waals surface area contributed by atoms with Crippen LogP contribution in [0.3, 0.4) is 0 Å². The third-order valence-electron chi connectivity index (χ3n) is 7.40. The lowest BCUT2D eigenvalue weighted by molar-refractivity contribution is -0.118. The van der Waals surface area contributed by atoms with Gasteiger partial charge in [0.25, 0.3) is 11.8 Å². The standard InChI is InChI=1S/C39H53N7O5/c1-8-9-10-11-12-13-20-33(47)40-28-22-26(36(50)45-31-18-14-16-29(41-31)43-34(48)24-38(2,3)4)21-27(23-28)37(51)46-32-19-15-17-30(42-32)44-35(49)25-39(5,6)7/h14-19,21-23H,8-13,20,24-25H2,1-7H3,(H,40,47)(H2,41,43,45,48,50)(H2,42,44,46,49,51). The van der Waals surface area contributed by atoms with Crippen molar-refractivity contribution in [1.29, 1.82) is 0 Å². The van der Waals surface area contributed by atoms with Crippen molar-refractivity contribution >= 4 is 58.5 Å². The van der Waals surface area contributed by atoms with Gasteiger partial charge in [0, 0.05) is 36.1 Å². The van der Waals surface area contributed by atoms with Gasteiger partial charge in [-0.3, -0.25) is 24.0 Å². The Morgan fingerprint density at radius 2 is 0.941 bits per heavy atom. The monoisotopic (exact) mass is 699 g/mol. The third-order valence-corrected chi connectivity index (χ3v) is 7.40. The molecule has 5 N–H and O–H groups in total. The van der Waals surface area contributed by atoms with Crippen LogP contribution in [0.4, 0.5) is 29.0 Å². The van der Waals surface area contributed by atoms with Crippen molar-refractivity contribution in [3.63, 3.8) is 0 Å². The Morgan fingerprint density at radius 1 is 0.529 bits per heavy atom. The van der Waals surface area contributed by atoms with Crippen LogP contribution in [0.1, 0.15) is 127 Å². The van der Waals surface area contributed by atoms with Gasteiger partial charge in [0.15, 0.2) is 0 Å². The van der Waals surface area contributed by atoms with Crippen molar-refractivity contribution < 1.29 is 24.0 Å². The lowest BCUT2D eigenvalue weighted by Gasteiger charge is -2.17. The van der Waals surface area contributed by atoms with Crippen LogP contribution < -0.4 is 26.6 Å². The van der Waals surface area contributed by atoms with E-state index in [9.17, 15) is 24.0 Å². The van der Waals surface area contributed by atoms with E-state index in [0.717, 1.165) is 32.1 Å². The van der Waals surface area contributed by atoms with Crippen molar-refractivity contribution in [2.75, 3.05) is 26.6 Å². The molecule has 0 fully saturated rings. The SMILES string of the molecule is CCCCCCCCC(=O)Nc1cc(C(=O)Nc2cccc(NC(=O)CC(C)(C)C)n2)cc(C(=O)Nc2cccc(NC(=O)CC(C)(C)C)n2)c1. The number of hydrogen-bond acceptors (Lipinski definition) is 7. The summed E-state index contributed by atoms with van der Waals surface area (Å²) in [6.45, 7) is 13.9. The normalized spacial score (nSPS) is 11.4. The average molecular weight is 700 g/mol. The van der Waals surface area contributed by atoms with Gasteiger partial charge in [-0.25, -0.2) is 9.97 Å². The third kappa shape index (κ3) is 15.5. The second-order valence-corrected chi connectivity index (χ2v) is 15.2. The van der Waals surface area contributed by atoms with Crippen LogP contribution >= 0.6 is 0 Å². The summed E-state index contributed by atoms with van der Waals surface area (Å²) in [5.41, 5.74) is 0.0393. The van der Waals surface area contributed by atoms with Crippen molar-refractivity contribution in [3.8, 4) is 0 Å². The first-order chi connectivity index (χ1) is 24.0. The molecular weight excluding hydrogens is 646 g/mol. The van der Waals surface area contributed by atoms with Crippen LogP contribution in [0.5, 0.6) is 0 Å². The summed E-state index contributed by atoms with van der Waals surface area (Å²) >= 11 is 0. The van der Waals surface area contributed by atoms with Gasteiger partial charge in [-0.2, -0.15) is 0 Å². The lowest BCUT2D eigenvalue weighted by Crippen LogP contribution is -2.21. The highest BCUT2D eigenvalue weighted by molar-refractivity contribution is 6.10. The smallest absolute Gasteiger partial charge is 0.256 e. The van der Waals surface area contributed by atoms with Crippen molar-refractivity contribution in [2.45, 2.75) is 106 Å². The number of amides is 5. The van der Waals surface area contributed by atoms with Crippen LogP contribution in [-0.4, -0.2) is 39.5 Å². The second kappa shape index (κ2) is 18.7. The molecule has 0 saturated heterocycles. The van der Waals surface area contributed by atoms with E-state index in [1.807, 2.05) is 41.5 Å². The maximum absolute atomic E-state index is 13.5. The molecule has 0 aliphatic heterocycles. The number of aromatic nitrogens is 2. The fraction of sp³-hybridized carbons (Fsp3) is 0.462. The van der Waals surface area contributed by atoms with E-state index >= 15 is 0 Å². The summed E-state index contributed by atoms with van der Waals surface area (Å²) in [6, 6.07) is 14.1. The summed E-state index contributed by atoms with van der Waals surface area (Å²) in [5, 5.41) is 13.8. The zero-order valence-corrected chi connectivity index (χ0v) is 31.0. The van der Waals surface area contributed by atoms with E-state index in [1.54, 1.807) is 36.4 Å². The molecule has 0 saturated carbocycles. The molecule has 0 bridgehead atoms. The summed E-state index contributed by atoms with van der Waals surface area (Å²) in [5.74, 6) is -0.860. The fourth-order valence-corrected chi connectivity index (χ4v) is 5.11. The van der Waals surface area contributed by atoms with Gasteiger partial charge in [-0.05, 0) is 59.7 Å². The highest BCUT2D eigenvalue weighted by Gasteiger charge is 2.19. The highest BCUT2D eigenvalue weighted by atomic mass is 16.2. The summed E-state index contributed by atoms with van der Waals surface area (Å²) in [4.78, 5) is 73.5. The van der Waals surface area contributed by atoms with Crippen LogP contribution in [0.15, 0.2) is 54.6 Å². The summed E-state index contributed by atoms with van der Waals surface area (Å²) in [6.07, 6.45) is 7.06. The van der Waals surface area contributed by atoms with Gasteiger partial charge >= 0.3 is 0 Å². The second-order valence-electron chi connectivity index (χ2n) is 15.2. The van der Waals surface area contributed by atoms with Gasteiger partial charge in [0.05, 0.1) is 0 Å². The van der Waals surface area contributed by atoms with E-state index in [2.05, 4.69) is 43.5 Å². The molecule has 0 atom stereocenters. The zero-order chi connectivity index (χ0) is 37.6. The molecule has 3 aromatic rings. The zero-order valence-electron chi connectivity index (χ0n) is 31.0. The number of anilines is 5. The molecule has 5 amide bonds. The number of rotatable bonds is 16. The van der Waals surface area contributed by atoms with E-state index in [1.165, 1.54) is 24.6 Å². The minimum absolute atomic E-state index is 0.0950. The van der Waals surface area contributed by atoms with Gasteiger partial charge in [-0.15, -0.1) is 0 Å². The molecule has 2 aromatic heterocycles. The Bertz CT molecular complexity index is 1590. The minimum Gasteiger partial charge on any atom is -0.326 e. The van der Waals surface area contributed by atoms with Crippen LogP contribution in [0, 0.1) is 10.8 Å². The number of nitrogens with one attached hydrogen (secondary N) is 5. The molecule has 12 heteroatoms. The fourth-order valence-electron chi connectivity index (χ4n) is 5.11. The number of pyridine rings is 2. The van der Waals surface area contributed by atoms with Crippen molar-refractivity contribution in [2.24, 2.45) is 10.8 Å². The summed E-state index contributed by atoms with van der Waals surface area (Å²) < 4.78 is 0. The molecule has 3 rings (SSSR count). The molecule has 12 nitrogen and oxygen atoms in total. The maximum atomic E-state index is 13.5. The van der Waals surface area contributed by atoms with Crippen LogP contribution in [0.2, 0.25) is 0 Å². The van der Waals surface area contributed by atoms with E-state index < -0.39 is 11.8 Å². The molecule has 0 radical (unpaired) electrons. The molecule has 2 heterocycles. The molecule has 51 heavy (non-hydrogen) atoms. The molecular formula is C39H53N7O5. The Labute approximate surface area is 301 Å². The molecule has 0 aliphatic rings. The predicted molar refractivity (Wildman–Crippen MR) is 203 cm³/mol. The first-order valence-electron chi connectivity index (χ1n) is 17.6. The molecule has 274 valence electrons. The molecule has 1 aromatic carbocycles. The Balaban J connectivity index is 1.81. The van der Waals surface area contributed by atoms with Gasteiger partial charge < -0.3 is 26.6 Å². The number of unbranched alkanes of at least 4 members (excludes halogenated alkanes) is 5. The van der Waals surface area contributed by atoms with Gasteiger partial charge in [-0.1, -0.05) is 92.7 Å². The van der Waals surface area contributed by atoms with Gasteiger partial charge in [0.1, 0.15) is 23.3 Å². The van der Waals surface area contributed by atoms with E-state index in [4.69, 9.17) is 0 Å². The van der Waals surface area contributed by atoms with Crippen LogP contribution in [0.25, 0.3) is 0 Å². The van der Waals surface area contributed by atoms with Crippen LogP contribution in [-0.2, 0) is 14.4 Å². The largest absolute Gasteiger partial charge is 0.326 e. The number of carbonyl (C=O) groups excluding carboxylic acids is 5. The highest BCUT2D eigenvalue weighted by Crippen LogP contribution is 2.23. The van der Waals surface area contributed by atoms with Crippen molar-refractivity contribution in [1.82, 2.24) is 9.97 Å². The topological polar surface area (TPSA) is 171 Å². The molecule has 0 unspecified atom stereocenters. The minimum atomic E-state index is -0.580. The summed E-state index contributed by atoms with van der Waals surface area (Å²) in [7, 11) is 0. The number of benzene rings is 1. The molecule has 0 aliphatic carbocycles. The first kappa shape index (κ1) is 40.3. The number of hydrogen-bond donors (Lipinski definition) is 5. The quantitative estimate of drug-likeness (QED) is 0.0934. The van der Waals surface area contributed by atoms with Gasteiger partial charge in [0.2, 0.25) is 17.7 Å². The maximum Gasteiger partial charge on any atom is 0.256 e. The van der Waals surface area contributed by atoms with E-state index in [0.29, 0.717) is 19.3 Å². The predicted octanol–water partition coefficient (Wildman–Crippen LogP) is 8.42. The van der Waals surface area contributed by atoms with Crippen molar-refractivity contribution in [3.05, 3.63) is 65.7 Å². The Morgan fingerprint density at radius 3 is 1.37 bits per heavy atom. The van der Waals surface area contributed by atoms with E-state index in [-0.39, 0.29) is 68.6 Å². The molecule has 0 spiro atoms. The average Bonchev–Trinajstić information content (AvgIpc) is 3.01. The number of carbonyl (C=O) groups is 5.